The van der Waals surface area contributed by atoms with Crippen molar-refractivity contribution in [3.8, 4) is 5.75 Å². The van der Waals surface area contributed by atoms with Crippen molar-refractivity contribution in [2.75, 3.05) is 18.0 Å². The van der Waals surface area contributed by atoms with E-state index in [0.29, 0.717) is 5.65 Å². The monoisotopic (exact) mass is 402 g/mol. The van der Waals surface area contributed by atoms with Gasteiger partial charge >= 0.3 is 0 Å². The predicted molar refractivity (Wildman–Crippen MR) is 114 cm³/mol. The van der Waals surface area contributed by atoms with E-state index in [4.69, 9.17) is 10.5 Å². The number of hydrogen-bond donors (Lipinski definition) is 1. The molecule has 1 aromatic carbocycles. The van der Waals surface area contributed by atoms with Crippen LogP contribution in [0.25, 0.3) is 21.9 Å². The summed E-state index contributed by atoms with van der Waals surface area (Å²) in [4.78, 5) is 26.6. The number of amides is 1. The van der Waals surface area contributed by atoms with Gasteiger partial charge in [-0.15, -0.1) is 0 Å². The number of fused-ring (bicyclic) bond motifs is 2. The Morgan fingerprint density at radius 2 is 1.93 bits per heavy atom. The number of ether oxygens (including phenoxy) is 1. The molecule has 8 heteroatoms. The molecule has 1 fully saturated rings. The third kappa shape index (κ3) is 3.41. The highest BCUT2D eigenvalue weighted by molar-refractivity contribution is 5.88. The van der Waals surface area contributed by atoms with Crippen molar-refractivity contribution in [3.05, 3.63) is 55.1 Å². The summed E-state index contributed by atoms with van der Waals surface area (Å²) < 4.78 is 8.21. The average Bonchev–Trinajstić information content (AvgIpc) is 3.17. The first-order valence-corrected chi connectivity index (χ1v) is 10.0. The smallest absolute Gasteiger partial charge is 0.237 e. The molecule has 1 amide bonds. The third-order valence-corrected chi connectivity index (χ3v) is 5.52. The lowest BCUT2D eigenvalue weighted by molar-refractivity contribution is -0.118. The van der Waals surface area contributed by atoms with Crippen LogP contribution in [0.2, 0.25) is 0 Å². The van der Waals surface area contributed by atoms with Gasteiger partial charge in [0.25, 0.3) is 0 Å². The number of nitrogens with two attached hydrogens (primary N) is 1. The second kappa shape index (κ2) is 7.62. The molecule has 152 valence electrons. The number of primary amides is 1. The highest BCUT2D eigenvalue weighted by Gasteiger charge is 2.23. The van der Waals surface area contributed by atoms with Gasteiger partial charge in [-0.25, -0.2) is 15.0 Å². The molecular formula is C22H22N6O2. The number of piperidine rings is 1. The molecule has 0 unspecified atom stereocenters. The van der Waals surface area contributed by atoms with Gasteiger partial charge in [-0.3, -0.25) is 4.79 Å². The largest absolute Gasteiger partial charge is 0.490 e. The minimum Gasteiger partial charge on any atom is -0.490 e. The molecule has 4 aromatic rings. The lowest BCUT2D eigenvalue weighted by Crippen LogP contribution is -2.38. The van der Waals surface area contributed by atoms with E-state index in [2.05, 4.69) is 19.9 Å². The zero-order valence-electron chi connectivity index (χ0n) is 16.4. The van der Waals surface area contributed by atoms with Crippen molar-refractivity contribution >= 4 is 33.7 Å². The molecule has 4 heterocycles. The fraction of sp³-hybridized carbons (Fsp3) is 0.273. The van der Waals surface area contributed by atoms with Gasteiger partial charge in [0.15, 0.2) is 5.65 Å². The normalized spacial score (nSPS) is 15.0. The SMILES string of the molecule is NC(=O)Cn1ccc2c(OC3CCN(c4ncnc5ncccc45)CC3)cccc21. The molecule has 1 saturated heterocycles. The summed E-state index contributed by atoms with van der Waals surface area (Å²) in [7, 11) is 0. The fourth-order valence-corrected chi connectivity index (χ4v) is 4.10. The van der Waals surface area contributed by atoms with E-state index < -0.39 is 0 Å². The predicted octanol–water partition coefficient (Wildman–Crippen LogP) is 2.51. The molecule has 30 heavy (non-hydrogen) atoms. The van der Waals surface area contributed by atoms with Crippen LogP contribution in [0.4, 0.5) is 5.82 Å². The van der Waals surface area contributed by atoms with E-state index in [1.165, 1.54) is 0 Å². The van der Waals surface area contributed by atoms with E-state index in [0.717, 1.165) is 53.8 Å². The maximum Gasteiger partial charge on any atom is 0.237 e. The van der Waals surface area contributed by atoms with Gasteiger partial charge < -0.3 is 19.9 Å². The molecule has 1 aliphatic heterocycles. The van der Waals surface area contributed by atoms with Gasteiger partial charge in [0.05, 0.1) is 10.9 Å². The number of nitrogens with zero attached hydrogens (tertiary/aromatic N) is 5. The summed E-state index contributed by atoms with van der Waals surface area (Å²) in [6.07, 6.45) is 7.10. The van der Waals surface area contributed by atoms with E-state index in [1.54, 1.807) is 12.5 Å². The highest BCUT2D eigenvalue weighted by Crippen LogP contribution is 2.30. The van der Waals surface area contributed by atoms with E-state index >= 15 is 0 Å². The molecule has 0 saturated carbocycles. The number of hydrogen-bond acceptors (Lipinski definition) is 6. The van der Waals surface area contributed by atoms with Gasteiger partial charge in [-0.2, -0.15) is 0 Å². The Bertz CT molecular complexity index is 1210. The van der Waals surface area contributed by atoms with E-state index in [9.17, 15) is 4.79 Å². The van der Waals surface area contributed by atoms with Crippen molar-refractivity contribution in [2.24, 2.45) is 5.73 Å². The standard InChI is InChI=1S/C22H22N6O2/c23-20(29)13-28-12-8-16-18(28)4-1-5-19(16)30-15-6-10-27(11-7-15)22-17-3-2-9-24-21(17)25-14-26-22/h1-5,8-9,12,14-15H,6-7,10-11,13H2,(H2,23,29). The van der Waals surface area contributed by atoms with Crippen molar-refractivity contribution in [1.82, 2.24) is 19.5 Å². The minimum atomic E-state index is -0.362. The maximum atomic E-state index is 11.3. The molecule has 5 rings (SSSR count). The van der Waals surface area contributed by atoms with Crippen molar-refractivity contribution in [1.29, 1.82) is 0 Å². The Hall–Kier alpha value is -3.68. The highest BCUT2D eigenvalue weighted by atomic mass is 16.5. The number of anilines is 1. The number of carbonyl (C=O) groups is 1. The molecule has 0 aliphatic carbocycles. The quantitative estimate of drug-likeness (QED) is 0.551. The molecule has 0 bridgehead atoms. The number of benzene rings is 1. The molecule has 0 atom stereocenters. The second-order valence-corrected chi connectivity index (χ2v) is 7.48. The molecule has 3 aromatic heterocycles. The Morgan fingerprint density at radius 1 is 1.07 bits per heavy atom. The average molecular weight is 402 g/mol. The van der Waals surface area contributed by atoms with Crippen LogP contribution in [0.15, 0.2) is 55.1 Å². The first kappa shape index (κ1) is 18.4. The summed E-state index contributed by atoms with van der Waals surface area (Å²) in [5, 5.41) is 1.97. The van der Waals surface area contributed by atoms with E-state index in [1.807, 2.05) is 47.2 Å². The Labute approximate surface area is 173 Å². The lowest BCUT2D eigenvalue weighted by atomic mass is 10.1. The van der Waals surface area contributed by atoms with Gasteiger partial charge in [0.2, 0.25) is 5.91 Å². The van der Waals surface area contributed by atoms with Crippen LogP contribution < -0.4 is 15.4 Å². The minimum absolute atomic E-state index is 0.123. The first-order chi connectivity index (χ1) is 14.7. The van der Waals surface area contributed by atoms with Crippen LogP contribution in [0, 0.1) is 0 Å². The molecule has 0 spiro atoms. The van der Waals surface area contributed by atoms with Gasteiger partial charge in [-0.05, 0) is 30.3 Å². The summed E-state index contributed by atoms with van der Waals surface area (Å²) in [6, 6.07) is 11.8. The number of carbonyl (C=O) groups excluding carboxylic acids is 1. The van der Waals surface area contributed by atoms with Crippen LogP contribution in [0.5, 0.6) is 5.75 Å². The Balaban J connectivity index is 1.31. The third-order valence-electron chi connectivity index (χ3n) is 5.52. The number of aromatic nitrogens is 4. The summed E-state index contributed by atoms with van der Waals surface area (Å²) in [5.41, 5.74) is 7.01. The number of rotatable bonds is 5. The van der Waals surface area contributed by atoms with Crippen LogP contribution in [-0.4, -0.2) is 44.6 Å². The van der Waals surface area contributed by atoms with Crippen molar-refractivity contribution in [2.45, 2.75) is 25.5 Å². The second-order valence-electron chi connectivity index (χ2n) is 7.48. The van der Waals surface area contributed by atoms with Crippen LogP contribution >= 0.6 is 0 Å². The van der Waals surface area contributed by atoms with Gasteiger partial charge in [0, 0.05) is 43.7 Å². The van der Waals surface area contributed by atoms with Crippen molar-refractivity contribution < 1.29 is 9.53 Å². The fourth-order valence-electron chi connectivity index (χ4n) is 4.10. The van der Waals surface area contributed by atoms with Gasteiger partial charge in [-0.1, -0.05) is 6.07 Å². The Kier molecular flexibility index (Phi) is 4.66. The van der Waals surface area contributed by atoms with Crippen molar-refractivity contribution in [3.63, 3.8) is 0 Å². The topological polar surface area (TPSA) is 99.2 Å². The maximum absolute atomic E-state index is 11.3. The van der Waals surface area contributed by atoms with Crippen LogP contribution in [-0.2, 0) is 11.3 Å². The summed E-state index contributed by atoms with van der Waals surface area (Å²) in [6.45, 7) is 1.86. The molecule has 2 N–H and O–H groups in total. The van der Waals surface area contributed by atoms with Crippen LogP contribution in [0.3, 0.4) is 0 Å². The van der Waals surface area contributed by atoms with E-state index in [-0.39, 0.29) is 18.6 Å². The van der Waals surface area contributed by atoms with Crippen LogP contribution in [0.1, 0.15) is 12.8 Å². The molecule has 0 radical (unpaired) electrons. The lowest BCUT2D eigenvalue weighted by Gasteiger charge is -2.33. The first-order valence-electron chi connectivity index (χ1n) is 10.0. The number of pyridine rings is 1. The zero-order valence-corrected chi connectivity index (χ0v) is 16.4. The molecular weight excluding hydrogens is 380 g/mol. The molecule has 1 aliphatic rings. The van der Waals surface area contributed by atoms with Gasteiger partial charge in [0.1, 0.15) is 30.5 Å². The zero-order chi connectivity index (χ0) is 20.5. The summed E-state index contributed by atoms with van der Waals surface area (Å²) in [5.74, 6) is 1.40. The summed E-state index contributed by atoms with van der Waals surface area (Å²) >= 11 is 0. The molecule has 8 nitrogen and oxygen atoms in total. The Morgan fingerprint density at radius 3 is 2.77 bits per heavy atom.